The van der Waals surface area contributed by atoms with Gasteiger partial charge in [0.1, 0.15) is 11.9 Å². The Balaban J connectivity index is 1.34. The van der Waals surface area contributed by atoms with Crippen LogP contribution in [0.2, 0.25) is 0 Å². The summed E-state index contributed by atoms with van der Waals surface area (Å²) >= 11 is 0. The lowest BCUT2D eigenvalue weighted by molar-refractivity contribution is 0.0623. The van der Waals surface area contributed by atoms with Crippen molar-refractivity contribution >= 4 is 23.5 Å². The Hall–Kier alpha value is -4.83. The lowest BCUT2D eigenvalue weighted by Gasteiger charge is -2.30. The number of hydrogen-bond acceptors (Lipinski definition) is 7. The highest BCUT2D eigenvalue weighted by molar-refractivity contribution is 6.00. The summed E-state index contributed by atoms with van der Waals surface area (Å²) in [5.41, 5.74) is 3.60. The molecule has 0 radical (unpaired) electrons. The van der Waals surface area contributed by atoms with Gasteiger partial charge in [0.15, 0.2) is 12.2 Å². The minimum atomic E-state index is -0.503. The molecular weight excluding hydrogens is 570 g/mol. The van der Waals surface area contributed by atoms with Crippen LogP contribution < -0.4 is 20.7 Å². The molecule has 3 amide bonds. The third-order valence-corrected chi connectivity index (χ3v) is 6.87. The van der Waals surface area contributed by atoms with Gasteiger partial charge in [-0.05, 0) is 47.2 Å². The molecule has 10 nitrogen and oxygen atoms in total. The summed E-state index contributed by atoms with van der Waals surface area (Å²) in [6, 6.07) is 21.9. The number of methoxy groups -OCH3 is 1. The van der Waals surface area contributed by atoms with E-state index in [0.717, 1.165) is 29.8 Å². The average Bonchev–Trinajstić information content (AvgIpc) is 3.54. The molecule has 0 saturated heterocycles. The minimum absolute atomic E-state index is 0.236. The SMILES string of the molecule is COc1cc(NC(=O)Nc2cccc(CNC(=O)OC(CN(CC(C)C)CC(C)C)c3ccccc3)c2)ccc1-c1cnco1. The van der Waals surface area contributed by atoms with Crippen LogP contribution in [0.15, 0.2) is 89.8 Å². The molecule has 3 N–H and O–H groups in total. The summed E-state index contributed by atoms with van der Waals surface area (Å²) in [7, 11) is 1.55. The van der Waals surface area contributed by atoms with E-state index in [9.17, 15) is 9.59 Å². The second-order valence-corrected chi connectivity index (χ2v) is 11.7. The second kappa shape index (κ2) is 16.3. The molecule has 0 aliphatic rings. The van der Waals surface area contributed by atoms with E-state index in [1.807, 2.05) is 42.5 Å². The summed E-state index contributed by atoms with van der Waals surface area (Å²) < 4.78 is 16.8. The predicted molar refractivity (Wildman–Crippen MR) is 176 cm³/mol. The van der Waals surface area contributed by atoms with E-state index in [2.05, 4.69) is 53.5 Å². The molecular formula is C35H43N5O5. The van der Waals surface area contributed by atoms with Crippen LogP contribution in [-0.2, 0) is 11.3 Å². The number of oxazole rings is 1. The van der Waals surface area contributed by atoms with Crippen molar-refractivity contribution < 1.29 is 23.5 Å². The number of carbonyl (C=O) groups is 2. The number of rotatable bonds is 14. The van der Waals surface area contributed by atoms with Crippen LogP contribution in [0, 0.1) is 11.8 Å². The lowest BCUT2D eigenvalue weighted by Crippen LogP contribution is -2.37. The van der Waals surface area contributed by atoms with Gasteiger partial charge in [0.25, 0.3) is 0 Å². The van der Waals surface area contributed by atoms with E-state index in [1.54, 1.807) is 43.6 Å². The third kappa shape index (κ3) is 10.4. The van der Waals surface area contributed by atoms with Gasteiger partial charge in [-0.3, -0.25) is 4.90 Å². The fourth-order valence-electron chi connectivity index (χ4n) is 5.09. The number of benzene rings is 3. The van der Waals surface area contributed by atoms with E-state index in [-0.39, 0.29) is 6.54 Å². The molecule has 0 saturated carbocycles. The van der Waals surface area contributed by atoms with Gasteiger partial charge >= 0.3 is 12.1 Å². The fraction of sp³-hybridized carbons (Fsp3) is 0.343. The first-order valence-electron chi connectivity index (χ1n) is 15.2. The van der Waals surface area contributed by atoms with Crippen molar-refractivity contribution in [3.63, 3.8) is 0 Å². The molecule has 0 bridgehead atoms. The normalized spacial score (nSPS) is 11.8. The Morgan fingerprint density at radius 3 is 2.22 bits per heavy atom. The largest absolute Gasteiger partial charge is 0.496 e. The molecule has 0 fully saturated rings. The van der Waals surface area contributed by atoms with Crippen LogP contribution in [0.4, 0.5) is 21.0 Å². The molecule has 1 unspecified atom stereocenters. The second-order valence-electron chi connectivity index (χ2n) is 11.7. The number of aromatic nitrogens is 1. The fourth-order valence-corrected chi connectivity index (χ4v) is 5.09. The highest BCUT2D eigenvalue weighted by Crippen LogP contribution is 2.32. The zero-order valence-electron chi connectivity index (χ0n) is 26.6. The zero-order chi connectivity index (χ0) is 32.2. The van der Waals surface area contributed by atoms with Crippen molar-refractivity contribution in [3.05, 3.63) is 96.5 Å². The van der Waals surface area contributed by atoms with Crippen molar-refractivity contribution in [1.29, 1.82) is 0 Å². The van der Waals surface area contributed by atoms with Gasteiger partial charge in [-0.2, -0.15) is 0 Å². The average molecular weight is 614 g/mol. The van der Waals surface area contributed by atoms with Gasteiger partial charge in [-0.1, -0.05) is 70.2 Å². The summed E-state index contributed by atoms with van der Waals surface area (Å²) in [5, 5.41) is 8.52. The molecule has 4 aromatic rings. The van der Waals surface area contributed by atoms with Gasteiger partial charge in [-0.25, -0.2) is 14.6 Å². The Morgan fingerprint density at radius 2 is 1.58 bits per heavy atom. The topological polar surface area (TPSA) is 118 Å². The van der Waals surface area contributed by atoms with Crippen molar-refractivity contribution in [2.24, 2.45) is 11.8 Å². The first kappa shape index (κ1) is 33.1. The molecule has 4 rings (SSSR count). The smallest absolute Gasteiger partial charge is 0.408 e. The van der Waals surface area contributed by atoms with Crippen molar-refractivity contribution in [3.8, 4) is 17.1 Å². The third-order valence-electron chi connectivity index (χ3n) is 6.87. The quantitative estimate of drug-likeness (QED) is 0.134. The number of nitrogens with zero attached hydrogens (tertiary/aromatic N) is 2. The highest BCUT2D eigenvalue weighted by atomic mass is 16.6. The molecule has 238 valence electrons. The maximum absolute atomic E-state index is 13.0. The van der Waals surface area contributed by atoms with Crippen LogP contribution in [0.1, 0.15) is 44.9 Å². The summed E-state index contributed by atoms with van der Waals surface area (Å²) in [4.78, 5) is 32.1. The Morgan fingerprint density at radius 1 is 0.867 bits per heavy atom. The lowest BCUT2D eigenvalue weighted by atomic mass is 10.1. The van der Waals surface area contributed by atoms with E-state index in [0.29, 0.717) is 41.3 Å². The number of urea groups is 1. The molecule has 1 heterocycles. The molecule has 45 heavy (non-hydrogen) atoms. The van der Waals surface area contributed by atoms with Crippen LogP contribution in [-0.4, -0.2) is 48.8 Å². The standard InChI is InChI=1S/C35H43N5O5/c1-24(2)20-40(21-25(3)4)22-33(27-11-7-6-8-12-27)45-35(42)37-18-26-10-9-13-28(16-26)38-34(41)39-29-14-15-30(31(17-29)43-5)32-19-36-23-44-32/h6-17,19,23-25,33H,18,20-22H2,1-5H3,(H,37,42)(H2,38,39,41). The number of amides is 3. The number of anilines is 2. The van der Waals surface area contributed by atoms with E-state index in [1.165, 1.54) is 6.39 Å². The van der Waals surface area contributed by atoms with E-state index < -0.39 is 18.2 Å². The molecule has 0 spiro atoms. The Labute approximate surface area is 265 Å². The maximum Gasteiger partial charge on any atom is 0.408 e. The first-order valence-corrected chi connectivity index (χ1v) is 15.2. The number of hydrogen-bond donors (Lipinski definition) is 3. The minimum Gasteiger partial charge on any atom is -0.496 e. The number of ether oxygens (including phenoxy) is 2. The van der Waals surface area contributed by atoms with Gasteiger partial charge < -0.3 is 29.8 Å². The zero-order valence-corrected chi connectivity index (χ0v) is 26.6. The molecule has 3 aromatic carbocycles. The molecule has 0 aliphatic carbocycles. The van der Waals surface area contributed by atoms with Gasteiger partial charge in [0, 0.05) is 43.6 Å². The van der Waals surface area contributed by atoms with Crippen LogP contribution in [0.3, 0.4) is 0 Å². The number of alkyl carbamates (subject to hydrolysis) is 1. The highest BCUT2D eigenvalue weighted by Gasteiger charge is 2.22. The monoisotopic (exact) mass is 613 g/mol. The van der Waals surface area contributed by atoms with Gasteiger partial charge in [0.05, 0.1) is 18.9 Å². The van der Waals surface area contributed by atoms with Crippen LogP contribution in [0.25, 0.3) is 11.3 Å². The van der Waals surface area contributed by atoms with Gasteiger partial charge in [-0.15, -0.1) is 0 Å². The van der Waals surface area contributed by atoms with Crippen LogP contribution in [0.5, 0.6) is 5.75 Å². The number of nitrogens with one attached hydrogen (secondary N) is 3. The molecule has 0 aliphatic heterocycles. The Kier molecular flexibility index (Phi) is 12.0. The van der Waals surface area contributed by atoms with Crippen LogP contribution >= 0.6 is 0 Å². The molecule has 1 aromatic heterocycles. The summed E-state index contributed by atoms with van der Waals surface area (Å²) in [5.74, 6) is 2.08. The first-order chi connectivity index (χ1) is 21.7. The molecule has 1 atom stereocenters. The van der Waals surface area contributed by atoms with Crippen molar-refractivity contribution in [2.45, 2.75) is 40.3 Å². The summed E-state index contributed by atoms with van der Waals surface area (Å²) in [6.45, 7) is 11.5. The van der Waals surface area contributed by atoms with Crippen molar-refractivity contribution in [2.75, 3.05) is 37.4 Å². The van der Waals surface area contributed by atoms with Gasteiger partial charge in [0.2, 0.25) is 0 Å². The number of carbonyl (C=O) groups excluding carboxylic acids is 2. The van der Waals surface area contributed by atoms with E-state index in [4.69, 9.17) is 13.9 Å². The van der Waals surface area contributed by atoms with E-state index >= 15 is 0 Å². The Bertz CT molecular complexity index is 1500. The summed E-state index contributed by atoms with van der Waals surface area (Å²) in [6.07, 6.45) is 2.02. The molecule has 10 heteroatoms. The predicted octanol–water partition coefficient (Wildman–Crippen LogP) is 7.58. The van der Waals surface area contributed by atoms with Crippen molar-refractivity contribution in [1.82, 2.24) is 15.2 Å². The maximum atomic E-state index is 13.0.